The third-order valence-corrected chi connectivity index (χ3v) is 14.7. The first-order valence-corrected chi connectivity index (χ1v) is 24.6. The van der Waals surface area contributed by atoms with Crippen molar-refractivity contribution >= 4 is 35.3 Å². The number of fused-ring (bicyclic) bond motifs is 3. The molecule has 4 aliphatic rings. The number of hydrogen-bond acceptors (Lipinski definition) is 14. The number of amides is 2. The van der Waals surface area contributed by atoms with Gasteiger partial charge in [-0.05, 0) is 108 Å². The van der Waals surface area contributed by atoms with Crippen molar-refractivity contribution in [2.75, 3.05) is 27.9 Å². The number of ether oxygens (including phenoxy) is 5. The molecule has 3 aliphatic heterocycles. The number of alkyl carbamates (subject to hydrolysis) is 1. The molecule has 0 radical (unpaired) electrons. The van der Waals surface area contributed by atoms with E-state index in [1.54, 1.807) is 53.0 Å². The fraction of sp³-hybridized carbons (Fsp3) is 0.731. The van der Waals surface area contributed by atoms with Crippen molar-refractivity contribution < 1.29 is 67.8 Å². The SMILES string of the molecule is COC(=O)NC1C[C@@H]2CC[C@@H](C)[C@@](O)(O2)C(=O)C(=O)N2CCCC[C@H]2C(=O)O[C@H]([C@H](C)C[C@@H]2CC[C@@H](O)[C@H](OC)C2)CC(=O)[C@H](C)/C=C(\C)[C@@H](O)[C@@H](OC)C(=O)[C@H](C)C[C@H](C)/C=C/C=C/C=C/1C. The Labute approximate surface area is 403 Å². The minimum absolute atomic E-state index is 0.0344. The lowest BCUT2D eigenvalue weighted by molar-refractivity contribution is -0.264. The van der Waals surface area contributed by atoms with Crippen LogP contribution in [0.5, 0.6) is 0 Å². The van der Waals surface area contributed by atoms with Gasteiger partial charge in [0.2, 0.25) is 5.79 Å². The number of rotatable bonds is 6. The van der Waals surface area contributed by atoms with Crippen molar-refractivity contribution in [3.8, 4) is 0 Å². The molecule has 382 valence electrons. The number of nitrogens with zero attached hydrogens (tertiary/aromatic N) is 1. The molecule has 16 heteroatoms. The van der Waals surface area contributed by atoms with Crippen molar-refractivity contribution in [3.63, 3.8) is 0 Å². The van der Waals surface area contributed by atoms with Crippen LogP contribution in [0.4, 0.5) is 4.79 Å². The lowest BCUT2D eigenvalue weighted by Crippen LogP contribution is -2.61. The number of esters is 1. The lowest BCUT2D eigenvalue weighted by atomic mass is 9.78. The van der Waals surface area contributed by atoms with Crippen LogP contribution < -0.4 is 5.32 Å². The smallest absolute Gasteiger partial charge is 0.407 e. The summed E-state index contributed by atoms with van der Waals surface area (Å²) in [5, 5.41) is 36.8. The van der Waals surface area contributed by atoms with E-state index in [1.165, 1.54) is 14.2 Å². The molecule has 16 nitrogen and oxygen atoms in total. The van der Waals surface area contributed by atoms with E-state index in [9.17, 15) is 44.1 Å². The van der Waals surface area contributed by atoms with E-state index in [2.05, 4.69) is 5.32 Å². The van der Waals surface area contributed by atoms with E-state index in [0.717, 1.165) is 4.90 Å². The van der Waals surface area contributed by atoms with Crippen LogP contribution in [0.2, 0.25) is 0 Å². The molecule has 3 heterocycles. The number of methoxy groups -OCH3 is 3. The van der Waals surface area contributed by atoms with Crippen LogP contribution in [-0.4, -0.2) is 138 Å². The number of carbonyl (C=O) groups is 6. The maximum Gasteiger partial charge on any atom is 0.407 e. The fourth-order valence-electron chi connectivity index (χ4n) is 10.2. The van der Waals surface area contributed by atoms with Gasteiger partial charge in [0.15, 0.2) is 5.78 Å². The molecule has 68 heavy (non-hydrogen) atoms. The minimum Gasteiger partial charge on any atom is -0.460 e. The molecular formula is C52H80N2O14. The molecule has 0 aromatic carbocycles. The van der Waals surface area contributed by atoms with Gasteiger partial charge in [0.1, 0.15) is 30.1 Å². The maximum absolute atomic E-state index is 14.4. The molecule has 3 fully saturated rings. The highest BCUT2D eigenvalue weighted by molar-refractivity contribution is 6.39. The van der Waals surface area contributed by atoms with Gasteiger partial charge in [-0.25, -0.2) is 9.59 Å². The Kier molecular flexibility index (Phi) is 21.8. The Morgan fingerprint density at radius 3 is 2.29 bits per heavy atom. The minimum atomic E-state index is -2.53. The van der Waals surface area contributed by atoms with Gasteiger partial charge in [0, 0.05) is 44.9 Å². The second-order valence-corrected chi connectivity index (χ2v) is 20.1. The van der Waals surface area contributed by atoms with Crippen LogP contribution in [0.3, 0.4) is 0 Å². The number of aliphatic hydroxyl groups is 3. The van der Waals surface area contributed by atoms with Crippen LogP contribution in [-0.2, 0) is 47.7 Å². The number of aliphatic hydroxyl groups excluding tert-OH is 2. The predicted molar refractivity (Wildman–Crippen MR) is 254 cm³/mol. The summed E-state index contributed by atoms with van der Waals surface area (Å²) in [6.45, 7) is 12.4. The van der Waals surface area contributed by atoms with Crippen LogP contribution in [0, 0.1) is 35.5 Å². The van der Waals surface area contributed by atoms with Gasteiger partial charge in [-0.15, -0.1) is 0 Å². The zero-order valence-electron chi connectivity index (χ0n) is 42.0. The van der Waals surface area contributed by atoms with Crippen molar-refractivity contribution in [2.24, 2.45) is 35.5 Å². The Bertz CT molecular complexity index is 1880. The number of hydrogen-bond donors (Lipinski definition) is 4. The molecular weight excluding hydrogens is 877 g/mol. The van der Waals surface area contributed by atoms with Gasteiger partial charge < -0.3 is 49.2 Å². The van der Waals surface area contributed by atoms with Crippen LogP contribution in [0.1, 0.15) is 126 Å². The highest BCUT2D eigenvalue weighted by atomic mass is 16.6. The molecule has 1 aliphatic carbocycles. The Balaban J connectivity index is 1.73. The van der Waals surface area contributed by atoms with Gasteiger partial charge in [0.25, 0.3) is 11.7 Å². The highest BCUT2D eigenvalue weighted by Crippen LogP contribution is 2.37. The second kappa shape index (κ2) is 26.2. The summed E-state index contributed by atoms with van der Waals surface area (Å²) < 4.78 is 28.4. The first-order chi connectivity index (χ1) is 32.1. The molecule has 0 aromatic heterocycles. The van der Waals surface area contributed by atoms with E-state index >= 15 is 0 Å². The van der Waals surface area contributed by atoms with E-state index in [4.69, 9.17) is 23.7 Å². The lowest BCUT2D eigenvalue weighted by Gasteiger charge is -2.43. The van der Waals surface area contributed by atoms with Gasteiger partial charge >= 0.3 is 12.1 Å². The first kappa shape index (κ1) is 56.5. The van der Waals surface area contributed by atoms with Gasteiger partial charge in [0.05, 0.1) is 31.5 Å². The Morgan fingerprint density at radius 1 is 0.897 bits per heavy atom. The van der Waals surface area contributed by atoms with Crippen molar-refractivity contribution in [2.45, 2.75) is 180 Å². The molecule has 2 saturated heterocycles. The average Bonchev–Trinajstić information content (AvgIpc) is 3.31. The predicted octanol–water partition coefficient (Wildman–Crippen LogP) is 5.89. The number of piperidine rings is 1. The zero-order chi connectivity index (χ0) is 50.5. The highest BCUT2D eigenvalue weighted by Gasteiger charge is 2.53. The summed E-state index contributed by atoms with van der Waals surface area (Å²) in [4.78, 5) is 84.6. The summed E-state index contributed by atoms with van der Waals surface area (Å²) in [5.74, 6) is -8.50. The normalized spacial score (nSPS) is 39.0. The quantitative estimate of drug-likeness (QED) is 0.139. The number of ketones is 3. The van der Waals surface area contributed by atoms with Crippen molar-refractivity contribution in [1.29, 1.82) is 0 Å². The van der Waals surface area contributed by atoms with Gasteiger partial charge in [-0.1, -0.05) is 76.6 Å². The standard InChI is InChI=1S/C52H80N2O14/c1-30-16-12-11-13-17-31(2)39(53-51(62)66-10)28-38-21-19-36(7)52(63,68-38)48(59)49(60)54-23-15-14-18-40(54)50(61)67-43(33(4)26-37-20-22-41(55)44(27-37)64-8)29-42(56)32(3)25-35(6)46(58)47(65-9)45(57)34(5)24-30/h11-13,16-17,25,30,32-34,36-41,43-44,46-47,55,58,63H,14-15,18-24,26-29H2,1-10H3,(H,53,62)/b13-11+,16-12+,31-17+,35-25+/t30-,32-,33-,34-,36-,37+,38+,39?,40+,41-,43+,44-,46-,47+,52-/m1/s1. The van der Waals surface area contributed by atoms with E-state index in [0.29, 0.717) is 68.9 Å². The Hall–Kier alpha value is -4.06. The molecule has 15 atom stereocenters. The molecule has 1 saturated carbocycles. The fourth-order valence-corrected chi connectivity index (χ4v) is 10.2. The molecule has 0 aromatic rings. The summed E-state index contributed by atoms with van der Waals surface area (Å²) in [6.07, 6.45) is 9.63. The monoisotopic (exact) mass is 957 g/mol. The molecule has 1 unspecified atom stereocenters. The average molecular weight is 957 g/mol. The topological polar surface area (TPSA) is 225 Å². The maximum atomic E-state index is 14.4. The van der Waals surface area contributed by atoms with Crippen LogP contribution in [0.15, 0.2) is 47.6 Å². The number of carbonyl (C=O) groups excluding carboxylic acids is 6. The number of cyclic esters (lactones) is 1. The third kappa shape index (κ3) is 15.0. The summed E-state index contributed by atoms with van der Waals surface area (Å²) in [6, 6.07) is -1.83. The van der Waals surface area contributed by atoms with E-state index in [1.807, 2.05) is 39.0 Å². The second-order valence-electron chi connectivity index (χ2n) is 20.1. The van der Waals surface area contributed by atoms with Gasteiger partial charge in [-0.2, -0.15) is 0 Å². The molecule has 4 rings (SSSR count). The van der Waals surface area contributed by atoms with Crippen molar-refractivity contribution in [3.05, 3.63) is 47.6 Å². The number of Topliss-reactive ketones (excluding diaryl/α,β-unsaturated/α-hetero) is 3. The molecule has 0 spiro atoms. The first-order valence-electron chi connectivity index (χ1n) is 24.6. The number of allylic oxidation sites excluding steroid dienone is 6. The van der Waals surface area contributed by atoms with Crippen molar-refractivity contribution in [1.82, 2.24) is 10.2 Å². The molecule has 4 N–H and O–H groups in total. The molecule has 2 amide bonds. The third-order valence-electron chi connectivity index (χ3n) is 14.7. The van der Waals surface area contributed by atoms with E-state index < -0.39 is 89.9 Å². The molecule has 2 bridgehead atoms. The van der Waals surface area contributed by atoms with Crippen LogP contribution >= 0.6 is 0 Å². The van der Waals surface area contributed by atoms with E-state index in [-0.39, 0.29) is 61.2 Å². The van der Waals surface area contributed by atoms with Gasteiger partial charge in [-0.3, -0.25) is 19.2 Å². The Morgan fingerprint density at radius 2 is 1.62 bits per heavy atom. The largest absolute Gasteiger partial charge is 0.460 e. The number of nitrogens with one attached hydrogen (secondary N) is 1. The summed E-state index contributed by atoms with van der Waals surface area (Å²) in [7, 11) is 4.16. The zero-order valence-corrected chi connectivity index (χ0v) is 42.0. The van der Waals surface area contributed by atoms with Crippen LogP contribution in [0.25, 0.3) is 0 Å². The summed E-state index contributed by atoms with van der Waals surface area (Å²) in [5.41, 5.74) is 1.08. The summed E-state index contributed by atoms with van der Waals surface area (Å²) >= 11 is 0.